The lowest BCUT2D eigenvalue weighted by Crippen LogP contribution is -2.12. The van der Waals surface area contributed by atoms with E-state index in [0.717, 1.165) is 23.4 Å². The van der Waals surface area contributed by atoms with Crippen molar-refractivity contribution in [1.82, 2.24) is 10.2 Å². The molecule has 0 saturated carbocycles. The summed E-state index contributed by atoms with van der Waals surface area (Å²) in [4.78, 5) is 0.240. The number of nitrogens with zero attached hydrogens (tertiary/aromatic N) is 2. The van der Waals surface area contributed by atoms with Crippen LogP contribution in [0.4, 0.5) is 5.13 Å². The standard InChI is InChI=1S/C20H31N3O2S2/c1-3-4-5-6-7-8-9-10-11-12-19-21-22-20(26-19)23-27(24,25)18-15-13-17(2)14-16-18/h13-16H,3-12H2,1-2H3,(H,22,23). The lowest BCUT2D eigenvalue weighted by Gasteiger charge is -2.04. The molecule has 1 N–H and O–H groups in total. The summed E-state index contributed by atoms with van der Waals surface area (Å²) in [5.74, 6) is 0. The number of sulfonamides is 1. The molecule has 1 heterocycles. The Balaban J connectivity index is 1.69. The molecule has 1 aromatic heterocycles. The van der Waals surface area contributed by atoms with Gasteiger partial charge in [-0.25, -0.2) is 8.42 Å². The molecule has 0 saturated heterocycles. The molecule has 150 valence electrons. The lowest BCUT2D eigenvalue weighted by atomic mass is 10.1. The molecule has 0 bridgehead atoms. The predicted molar refractivity (Wildman–Crippen MR) is 113 cm³/mol. The highest BCUT2D eigenvalue weighted by molar-refractivity contribution is 7.93. The zero-order chi connectivity index (χ0) is 19.5. The van der Waals surface area contributed by atoms with Crippen molar-refractivity contribution in [2.24, 2.45) is 0 Å². The number of hydrogen-bond donors (Lipinski definition) is 1. The van der Waals surface area contributed by atoms with Crippen molar-refractivity contribution in [2.75, 3.05) is 4.72 Å². The van der Waals surface area contributed by atoms with Crippen LogP contribution in [-0.4, -0.2) is 18.6 Å². The van der Waals surface area contributed by atoms with Crippen LogP contribution in [0.5, 0.6) is 0 Å². The van der Waals surface area contributed by atoms with Gasteiger partial charge in [-0.3, -0.25) is 4.72 Å². The largest absolute Gasteiger partial charge is 0.263 e. The lowest BCUT2D eigenvalue weighted by molar-refractivity contribution is 0.564. The van der Waals surface area contributed by atoms with Crippen LogP contribution in [0.25, 0.3) is 0 Å². The van der Waals surface area contributed by atoms with E-state index in [0.29, 0.717) is 5.13 Å². The summed E-state index contributed by atoms with van der Waals surface area (Å²) in [6, 6.07) is 6.76. The minimum atomic E-state index is -3.60. The molecule has 5 nitrogen and oxygen atoms in total. The Bertz CT molecular complexity index is 771. The van der Waals surface area contributed by atoms with Gasteiger partial charge >= 0.3 is 0 Å². The number of unbranched alkanes of at least 4 members (excludes halogenated alkanes) is 8. The van der Waals surface area contributed by atoms with E-state index in [1.807, 2.05) is 6.92 Å². The van der Waals surface area contributed by atoms with Crippen molar-refractivity contribution in [3.63, 3.8) is 0 Å². The number of aryl methyl sites for hydroxylation is 2. The fourth-order valence-corrected chi connectivity index (χ4v) is 4.89. The van der Waals surface area contributed by atoms with Gasteiger partial charge < -0.3 is 0 Å². The Labute approximate surface area is 167 Å². The zero-order valence-electron chi connectivity index (χ0n) is 16.4. The van der Waals surface area contributed by atoms with Gasteiger partial charge in [0.25, 0.3) is 10.0 Å². The molecule has 0 aliphatic carbocycles. The molecule has 0 aliphatic heterocycles. The number of rotatable bonds is 13. The van der Waals surface area contributed by atoms with Gasteiger partial charge in [0.2, 0.25) is 5.13 Å². The maximum atomic E-state index is 12.4. The molecule has 2 aromatic rings. The minimum Gasteiger partial charge on any atom is -0.253 e. The van der Waals surface area contributed by atoms with Crippen LogP contribution in [0.2, 0.25) is 0 Å². The number of anilines is 1. The SMILES string of the molecule is CCCCCCCCCCCc1nnc(NS(=O)(=O)c2ccc(C)cc2)s1. The Kier molecular flexibility index (Phi) is 9.21. The average molecular weight is 410 g/mol. The van der Waals surface area contributed by atoms with Gasteiger partial charge in [-0.2, -0.15) is 0 Å². The first kappa shape index (κ1) is 21.8. The molecule has 0 unspecified atom stereocenters. The van der Waals surface area contributed by atoms with E-state index in [2.05, 4.69) is 21.8 Å². The molecule has 1 aromatic carbocycles. The van der Waals surface area contributed by atoms with Crippen LogP contribution in [0.15, 0.2) is 29.2 Å². The summed E-state index contributed by atoms with van der Waals surface area (Å²) in [5.41, 5.74) is 1.02. The third-order valence-corrected chi connectivity index (χ3v) is 6.90. The number of aromatic nitrogens is 2. The highest BCUT2D eigenvalue weighted by Crippen LogP contribution is 2.22. The van der Waals surface area contributed by atoms with Crippen LogP contribution >= 0.6 is 11.3 Å². The molecule has 2 rings (SSSR count). The molecule has 0 amide bonds. The first-order valence-corrected chi connectivity index (χ1v) is 12.2. The second-order valence-corrected chi connectivity index (χ2v) is 9.74. The van der Waals surface area contributed by atoms with Crippen LogP contribution in [0.1, 0.15) is 75.3 Å². The summed E-state index contributed by atoms with van der Waals surface area (Å²) < 4.78 is 27.3. The van der Waals surface area contributed by atoms with Gasteiger partial charge in [-0.05, 0) is 25.5 Å². The van der Waals surface area contributed by atoms with E-state index < -0.39 is 10.0 Å². The number of hydrogen-bond acceptors (Lipinski definition) is 5. The first-order chi connectivity index (χ1) is 13.0. The van der Waals surface area contributed by atoms with E-state index in [9.17, 15) is 8.42 Å². The summed E-state index contributed by atoms with van der Waals surface area (Å²) in [7, 11) is -3.60. The highest BCUT2D eigenvalue weighted by atomic mass is 32.2. The fourth-order valence-electron chi connectivity index (χ4n) is 2.87. The van der Waals surface area contributed by atoms with Crippen LogP contribution in [0.3, 0.4) is 0 Å². The normalized spacial score (nSPS) is 11.6. The molecule has 0 aliphatic rings. The summed E-state index contributed by atoms with van der Waals surface area (Å²) in [6.07, 6.45) is 12.4. The maximum Gasteiger partial charge on any atom is 0.263 e. The predicted octanol–water partition coefficient (Wildman–Crippen LogP) is 5.72. The second-order valence-electron chi connectivity index (χ2n) is 7.00. The Morgan fingerprint density at radius 1 is 0.889 bits per heavy atom. The van der Waals surface area contributed by atoms with Gasteiger partial charge in [-0.15, -0.1) is 10.2 Å². The van der Waals surface area contributed by atoms with Crippen LogP contribution < -0.4 is 4.72 Å². The molecular formula is C20H31N3O2S2. The van der Waals surface area contributed by atoms with E-state index in [4.69, 9.17) is 0 Å². The molecule has 0 atom stereocenters. The fraction of sp³-hybridized carbons (Fsp3) is 0.600. The van der Waals surface area contributed by atoms with E-state index in [1.54, 1.807) is 24.3 Å². The molecule has 0 spiro atoms. The van der Waals surface area contributed by atoms with Crippen molar-refractivity contribution < 1.29 is 8.42 Å². The first-order valence-electron chi connectivity index (χ1n) is 9.93. The monoisotopic (exact) mass is 409 g/mol. The third kappa shape index (κ3) is 7.97. The summed E-state index contributed by atoms with van der Waals surface area (Å²) in [6.45, 7) is 4.17. The molecule has 0 fully saturated rings. The van der Waals surface area contributed by atoms with Crippen LogP contribution in [0, 0.1) is 6.92 Å². The molecule has 7 heteroatoms. The second kappa shape index (κ2) is 11.4. The number of benzene rings is 1. The molecule has 27 heavy (non-hydrogen) atoms. The molecule has 0 radical (unpaired) electrons. The summed E-state index contributed by atoms with van der Waals surface area (Å²) in [5, 5.41) is 9.32. The Morgan fingerprint density at radius 3 is 2.11 bits per heavy atom. The summed E-state index contributed by atoms with van der Waals surface area (Å²) >= 11 is 1.32. The van der Waals surface area contributed by atoms with E-state index in [1.165, 1.54) is 62.7 Å². The average Bonchev–Trinajstić information content (AvgIpc) is 3.07. The topological polar surface area (TPSA) is 72.0 Å². The van der Waals surface area contributed by atoms with Crippen molar-refractivity contribution in [1.29, 1.82) is 0 Å². The smallest absolute Gasteiger partial charge is 0.253 e. The number of nitrogens with one attached hydrogen (secondary N) is 1. The van der Waals surface area contributed by atoms with E-state index in [-0.39, 0.29) is 4.90 Å². The van der Waals surface area contributed by atoms with Gasteiger partial charge in [0.15, 0.2) is 0 Å². The maximum absolute atomic E-state index is 12.4. The van der Waals surface area contributed by atoms with Gasteiger partial charge in [0.1, 0.15) is 5.01 Å². The zero-order valence-corrected chi connectivity index (χ0v) is 18.0. The third-order valence-electron chi connectivity index (χ3n) is 4.51. The van der Waals surface area contributed by atoms with Crippen molar-refractivity contribution in [2.45, 2.75) is 83.0 Å². The van der Waals surface area contributed by atoms with Gasteiger partial charge in [-0.1, -0.05) is 87.3 Å². The van der Waals surface area contributed by atoms with Gasteiger partial charge in [0, 0.05) is 6.42 Å². The quantitative estimate of drug-likeness (QED) is 0.429. The highest BCUT2D eigenvalue weighted by Gasteiger charge is 2.16. The van der Waals surface area contributed by atoms with Crippen LogP contribution in [-0.2, 0) is 16.4 Å². The minimum absolute atomic E-state index is 0.240. The Morgan fingerprint density at radius 2 is 1.48 bits per heavy atom. The molecular weight excluding hydrogens is 378 g/mol. The van der Waals surface area contributed by atoms with Crippen molar-refractivity contribution >= 4 is 26.5 Å². The van der Waals surface area contributed by atoms with Crippen molar-refractivity contribution in [3.05, 3.63) is 34.8 Å². The Hall–Kier alpha value is -1.47. The van der Waals surface area contributed by atoms with E-state index >= 15 is 0 Å². The van der Waals surface area contributed by atoms with Crippen molar-refractivity contribution in [3.8, 4) is 0 Å². The van der Waals surface area contributed by atoms with Gasteiger partial charge in [0.05, 0.1) is 4.90 Å².